The van der Waals surface area contributed by atoms with Crippen molar-refractivity contribution in [2.75, 3.05) is 5.32 Å². The zero-order chi connectivity index (χ0) is 15.4. The van der Waals surface area contributed by atoms with Gasteiger partial charge in [0, 0.05) is 30.0 Å². The molecule has 0 radical (unpaired) electrons. The Morgan fingerprint density at radius 3 is 2.71 bits per heavy atom. The Balaban J connectivity index is 2.17. The van der Waals surface area contributed by atoms with E-state index in [1.807, 2.05) is 13.1 Å². The van der Waals surface area contributed by atoms with Gasteiger partial charge >= 0.3 is 0 Å². The lowest BCUT2D eigenvalue weighted by atomic mass is 10.2. The molecule has 2 aromatic rings. The van der Waals surface area contributed by atoms with E-state index in [0.717, 1.165) is 11.4 Å². The molecule has 6 heteroatoms. The highest BCUT2D eigenvalue weighted by molar-refractivity contribution is 7.11. The minimum Gasteiger partial charge on any atom is -0.357 e. The van der Waals surface area contributed by atoms with Crippen LogP contribution in [0.3, 0.4) is 0 Å². The molecule has 0 aliphatic carbocycles. The molecule has 0 saturated carbocycles. The van der Waals surface area contributed by atoms with Crippen molar-refractivity contribution in [3.63, 3.8) is 0 Å². The summed E-state index contributed by atoms with van der Waals surface area (Å²) in [5, 5.41) is 4.16. The summed E-state index contributed by atoms with van der Waals surface area (Å²) >= 11 is 1.67. The van der Waals surface area contributed by atoms with Crippen LogP contribution in [0.15, 0.2) is 23.4 Å². The second-order valence-corrected chi connectivity index (χ2v) is 6.66. The van der Waals surface area contributed by atoms with Crippen LogP contribution in [-0.4, -0.2) is 14.5 Å². The zero-order valence-corrected chi connectivity index (χ0v) is 13.8. The van der Waals surface area contributed by atoms with Crippen molar-refractivity contribution in [2.45, 2.75) is 46.7 Å². The van der Waals surface area contributed by atoms with Gasteiger partial charge in [0.1, 0.15) is 5.01 Å². The third-order valence-corrected chi connectivity index (χ3v) is 4.44. The fourth-order valence-electron chi connectivity index (χ4n) is 2.04. The smallest absolute Gasteiger partial charge is 0.293 e. The van der Waals surface area contributed by atoms with Gasteiger partial charge in [0.15, 0.2) is 5.82 Å². The highest BCUT2D eigenvalue weighted by Crippen LogP contribution is 2.22. The molecule has 0 bridgehead atoms. The van der Waals surface area contributed by atoms with E-state index >= 15 is 0 Å². The molecule has 0 saturated heterocycles. The number of aromatic nitrogens is 3. The summed E-state index contributed by atoms with van der Waals surface area (Å²) in [7, 11) is 0. The van der Waals surface area contributed by atoms with E-state index in [4.69, 9.17) is 0 Å². The zero-order valence-electron chi connectivity index (χ0n) is 13.0. The number of anilines is 1. The Bertz CT molecular complexity index is 647. The average Bonchev–Trinajstić information content (AvgIpc) is 2.91. The Hall–Kier alpha value is -1.69. The molecule has 2 rings (SSSR count). The van der Waals surface area contributed by atoms with Crippen molar-refractivity contribution >= 4 is 17.2 Å². The molecule has 0 aromatic carbocycles. The SMILES string of the molecule is CCc1cnc(C(C)Nc2nccn(CC(C)C)c2=O)s1. The highest BCUT2D eigenvalue weighted by Gasteiger charge is 2.13. The summed E-state index contributed by atoms with van der Waals surface area (Å²) in [6.45, 7) is 8.98. The van der Waals surface area contributed by atoms with Gasteiger partial charge in [-0.15, -0.1) is 11.3 Å². The van der Waals surface area contributed by atoms with Crippen LogP contribution in [0.2, 0.25) is 0 Å². The van der Waals surface area contributed by atoms with Gasteiger partial charge in [-0.1, -0.05) is 20.8 Å². The average molecular weight is 306 g/mol. The van der Waals surface area contributed by atoms with Crippen LogP contribution in [0.4, 0.5) is 5.82 Å². The third-order valence-electron chi connectivity index (χ3n) is 3.12. The number of aryl methyl sites for hydroxylation is 1. The van der Waals surface area contributed by atoms with Crippen LogP contribution >= 0.6 is 11.3 Å². The number of nitrogens with one attached hydrogen (secondary N) is 1. The van der Waals surface area contributed by atoms with E-state index in [2.05, 4.69) is 36.1 Å². The van der Waals surface area contributed by atoms with Crippen molar-refractivity contribution in [2.24, 2.45) is 5.92 Å². The molecule has 0 aliphatic heterocycles. The van der Waals surface area contributed by atoms with Gasteiger partial charge in [0.25, 0.3) is 5.56 Å². The van der Waals surface area contributed by atoms with Gasteiger partial charge < -0.3 is 9.88 Å². The maximum absolute atomic E-state index is 12.4. The summed E-state index contributed by atoms with van der Waals surface area (Å²) in [6, 6.07) is -0.0228. The Labute approximate surface area is 129 Å². The predicted molar refractivity (Wildman–Crippen MR) is 86.9 cm³/mol. The second kappa shape index (κ2) is 6.85. The van der Waals surface area contributed by atoms with E-state index < -0.39 is 0 Å². The summed E-state index contributed by atoms with van der Waals surface area (Å²) < 4.78 is 1.70. The van der Waals surface area contributed by atoms with Crippen LogP contribution in [0, 0.1) is 5.92 Å². The minimum atomic E-state index is -0.0784. The summed E-state index contributed by atoms with van der Waals surface area (Å²) in [5.74, 6) is 0.806. The van der Waals surface area contributed by atoms with Crippen LogP contribution in [0.25, 0.3) is 0 Å². The molecule has 0 amide bonds. The molecule has 0 spiro atoms. The lowest BCUT2D eigenvalue weighted by Gasteiger charge is -2.14. The predicted octanol–water partition coefficient (Wildman–Crippen LogP) is 3.09. The van der Waals surface area contributed by atoms with Crippen molar-refractivity contribution in [1.82, 2.24) is 14.5 Å². The van der Waals surface area contributed by atoms with E-state index in [0.29, 0.717) is 18.3 Å². The van der Waals surface area contributed by atoms with Gasteiger partial charge in [-0.05, 0) is 19.3 Å². The largest absolute Gasteiger partial charge is 0.357 e. The molecule has 0 aliphatic rings. The van der Waals surface area contributed by atoms with Crippen molar-refractivity contribution < 1.29 is 0 Å². The maximum atomic E-state index is 12.4. The Kier molecular flexibility index (Phi) is 5.12. The first-order chi connectivity index (χ1) is 10.0. The number of thiazole rings is 1. The van der Waals surface area contributed by atoms with E-state index in [-0.39, 0.29) is 11.6 Å². The van der Waals surface area contributed by atoms with E-state index in [9.17, 15) is 4.79 Å². The normalized spacial score (nSPS) is 12.6. The van der Waals surface area contributed by atoms with Crippen molar-refractivity contribution in [3.8, 4) is 0 Å². The van der Waals surface area contributed by atoms with Gasteiger partial charge in [0.05, 0.1) is 6.04 Å². The number of hydrogen-bond donors (Lipinski definition) is 1. The summed E-state index contributed by atoms with van der Waals surface area (Å²) in [5.41, 5.74) is -0.0784. The molecule has 21 heavy (non-hydrogen) atoms. The van der Waals surface area contributed by atoms with E-state index in [1.165, 1.54) is 4.88 Å². The third kappa shape index (κ3) is 3.91. The van der Waals surface area contributed by atoms with E-state index in [1.54, 1.807) is 28.3 Å². The molecule has 0 fully saturated rings. The van der Waals surface area contributed by atoms with Crippen LogP contribution in [0.1, 0.15) is 43.6 Å². The Morgan fingerprint density at radius 2 is 2.10 bits per heavy atom. The molecule has 1 atom stereocenters. The first-order valence-corrected chi connectivity index (χ1v) is 8.09. The van der Waals surface area contributed by atoms with Crippen molar-refractivity contribution in [1.29, 1.82) is 0 Å². The monoisotopic (exact) mass is 306 g/mol. The van der Waals surface area contributed by atoms with Gasteiger partial charge in [-0.3, -0.25) is 4.79 Å². The summed E-state index contributed by atoms with van der Waals surface area (Å²) in [6.07, 6.45) is 6.28. The first-order valence-electron chi connectivity index (χ1n) is 7.27. The lowest BCUT2D eigenvalue weighted by Crippen LogP contribution is -2.26. The first kappa shape index (κ1) is 15.7. The van der Waals surface area contributed by atoms with Gasteiger partial charge in [-0.25, -0.2) is 9.97 Å². The molecule has 114 valence electrons. The molecular formula is C15H22N4OS. The number of nitrogens with zero attached hydrogens (tertiary/aromatic N) is 3. The molecule has 2 heterocycles. The van der Waals surface area contributed by atoms with Crippen LogP contribution < -0.4 is 10.9 Å². The molecule has 5 nitrogen and oxygen atoms in total. The fourth-order valence-corrected chi connectivity index (χ4v) is 2.90. The van der Waals surface area contributed by atoms with Crippen LogP contribution in [-0.2, 0) is 13.0 Å². The fraction of sp³-hybridized carbons (Fsp3) is 0.533. The quantitative estimate of drug-likeness (QED) is 0.891. The lowest BCUT2D eigenvalue weighted by molar-refractivity contribution is 0.509. The molecular weight excluding hydrogens is 284 g/mol. The van der Waals surface area contributed by atoms with Crippen molar-refractivity contribution in [3.05, 3.63) is 38.8 Å². The van der Waals surface area contributed by atoms with Gasteiger partial charge in [-0.2, -0.15) is 0 Å². The maximum Gasteiger partial charge on any atom is 0.293 e. The molecule has 1 unspecified atom stereocenters. The minimum absolute atomic E-state index is 0.0228. The van der Waals surface area contributed by atoms with Crippen LogP contribution in [0.5, 0.6) is 0 Å². The number of rotatable bonds is 6. The standard InChI is InChI=1S/C15H22N4OS/c1-5-12-8-17-14(21-12)11(4)18-13-15(20)19(7-6-16-13)9-10(2)3/h6-8,10-11H,5,9H2,1-4H3,(H,16,18). The highest BCUT2D eigenvalue weighted by atomic mass is 32.1. The van der Waals surface area contributed by atoms with Gasteiger partial charge in [0.2, 0.25) is 0 Å². The second-order valence-electron chi connectivity index (χ2n) is 5.51. The Morgan fingerprint density at radius 1 is 1.33 bits per heavy atom. The molecule has 1 N–H and O–H groups in total. The topological polar surface area (TPSA) is 59.8 Å². The summed E-state index contributed by atoms with van der Waals surface area (Å²) in [4.78, 5) is 22.2. The number of hydrogen-bond acceptors (Lipinski definition) is 5. The molecule has 2 aromatic heterocycles.